The highest BCUT2D eigenvalue weighted by Crippen LogP contribution is 2.15. The molecule has 5 nitrogen and oxygen atoms in total. The summed E-state index contributed by atoms with van der Waals surface area (Å²) in [6.45, 7) is 2.15. The van der Waals surface area contributed by atoms with Crippen LogP contribution < -0.4 is 5.32 Å². The number of β-amino-alcohol motifs (C(OH)–C–C–N with tert-alkyl or cyclic N) is 1. The number of hydrogen-bond donors (Lipinski definition) is 2. The minimum Gasteiger partial charge on any atom is -0.391 e. The van der Waals surface area contributed by atoms with Gasteiger partial charge in [0.2, 0.25) is 11.8 Å². The van der Waals surface area contributed by atoms with Crippen molar-refractivity contribution in [3.05, 3.63) is 0 Å². The molecule has 0 spiro atoms. The van der Waals surface area contributed by atoms with Gasteiger partial charge in [-0.2, -0.15) is 0 Å². The van der Waals surface area contributed by atoms with Crippen molar-refractivity contribution in [3.8, 4) is 0 Å². The molecule has 1 fully saturated rings. The van der Waals surface area contributed by atoms with E-state index in [-0.39, 0.29) is 30.7 Å². The Kier molecular flexibility index (Phi) is 3.46. The van der Waals surface area contributed by atoms with Crippen molar-refractivity contribution < 1.29 is 14.7 Å². The predicted octanol–water partition coefficient (Wildman–Crippen LogP) is -0.896. The average Bonchev–Trinajstić information content (AvgIpc) is 2.45. The zero-order valence-electron chi connectivity index (χ0n) is 8.49. The fourth-order valence-corrected chi connectivity index (χ4v) is 1.62. The van der Waals surface area contributed by atoms with Crippen LogP contribution in [0.3, 0.4) is 0 Å². The van der Waals surface area contributed by atoms with Crippen molar-refractivity contribution in [2.24, 2.45) is 0 Å². The van der Waals surface area contributed by atoms with Crippen molar-refractivity contribution in [1.29, 1.82) is 0 Å². The summed E-state index contributed by atoms with van der Waals surface area (Å²) in [4.78, 5) is 23.9. The average molecular weight is 200 g/mol. The van der Waals surface area contributed by atoms with Gasteiger partial charge in [-0.1, -0.05) is 0 Å². The molecule has 0 saturated carbocycles. The highest BCUT2D eigenvalue weighted by Gasteiger charge is 2.31. The summed E-state index contributed by atoms with van der Waals surface area (Å²) in [5, 5.41) is 11.8. The van der Waals surface area contributed by atoms with Crippen molar-refractivity contribution in [1.82, 2.24) is 10.2 Å². The number of nitrogens with one attached hydrogen (secondary N) is 1. The summed E-state index contributed by atoms with van der Waals surface area (Å²) in [5.74, 6) is -0.166. The van der Waals surface area contributed by atoms with Crippen molar-refractivity contribution >= 4 is 11.8 Å². The Hall–Kier alpha value is -1.10. The van der Waals surface area contributed by atoms with E-state index in [2.05, 4.69) is 5.32 Å². The van der Waals surface area contributed by atoms with E-state index in [9.17, 15) is 14.7 Å². The molecule has 1 heterocycles. The van der Waals surface area contributed by atoms with E-state index in [4.69, 9.17) is 0 Å². The van der Waals surface area contributed by atoms with E-state index in [1.807, 2.05) is 6.92 Å². The van der Waals surface area contributed by atoms with Crippen LogP contribution in [0.25, 0.3) is 0 Å². The number of carbonyl (C=O) groups is 2. The zero-order valence-corrected chi connectivity index (χ0v) is 8.49. The van der Waals surface area contributed by atoms with Gasteiger partial charge in [0.05, 0.1) is 12.5 Å². The van der Waals surface area contributed by atoms with Crippen molar-refractivity contribution in [2.75, 3.05) is 13.6 Å². The summed E-state index contributed by atoms with van der Waals surface area (Å²) >= 11 is 0. The molecule has 0 aliphatic carbocycles. The van der Waals surface area contributed by atoms with Gasteiger partial charge in [0.1, 0.15) is 0 Å². The predicted molar refractivity (Wildman–Crippen MR) is 50.5 cm³/mol. The second-order valence-corrected chi connectivity index (χ2v) is 3.63. The number of aliphatic hydroxyl groups is 1. The van der Waals surface area contributed by atoms with Crippen LogP contribution in [0, 0.1) is 0 Å². The number of aliphatic hydroxyl groups excluding tert-OH is 1. The molecular weight excluding hydrogens is 184 g/mol. The van der Waals surface area contributed by atoms with Crippen LogP contribution in [0.5, 0.6) is 0 Å². The van der Waals surface area contributed by atoms with E-state index in [1.165, 1.54) is 0 Å². The van der Waals surface area contributed by atoms with Crippen molar-refractivity contribution in [2.45, 2.75) is 31.9 Å². The maximum absolute atomic E-state index is 11.3. The van der Waals surface area contributed by atoms with Gasteiger partial charge in [0.15, 0.2) is 0 Å². The molecule has 0 aromatic heterocycles. The summed E-state index contributed by atoms with van der Waals surface area (Å²) in [6, 6.07) is -0.139. The van der Waals surface area contributed by atoms with Crippen LogP contribution in [-0.4, -0.2) is 47.6 Å². The van der Waals surface area contributed by atoms with E-state index < -0.39 is 6.10 Å². The number of amides is 2. The molecule has 0 aromatic rings. The fraction of sp³-hybridized carbons (Fsp3) is 0.778. The van der Waals surface area contributed by atoms with Crippen LogP contribution in [-0.2, 0) is 9.59 Å². The molecule has 14 heavy (non-hydrogen) atoms. The highest BCUT2D eigenvalue weighted by molar-refractivity contribution is 5.81. The third-order valence-corrected chi connectivity index (χ3v) is 2.43. The molecule has 0 radical (unpaired) electrons. The third kappa shape index (κ3) is 2.45. The minimum absolute atomic E-state index is 0.0751. The lowest BCUT2D eigenvalue weighted by Crippen LogP contribution is -2.38. The van der Waals surface area contributed by atoms with E-state index in [0.29, 0.717) is 6.54 Å². The maximum atomic E-state index is 11.3. The van der Waals surface area contributed by atoms with Crippen LogP contribution in [0.4, 0.5) is 0 Å². The first-order chi connectivity index (χ1) is 6.54. The standard InChI is InChI=1S/C9H16N2O3/c1-6(3-8(13)10-2)11-5-7(12)4-9(11)14/h6-7,12H,3-5H2,1-2H3,(H,10,13). The van der Waals surface area contributed by atoms with Gasteiger partial charge < -0.3 is 15.3 Å². The van der Waals surface area contributed by atoms with Crippen LogP contribution in [0.15, 0.2) is 0 Å². The first-order valence-corrected chi connectivity index (χ1v) is 4.72. The molecule has 2 amide bonds. The van der Waals surface area contributed by atoms with Crippen molar-refractivity contribution in [3.63, 3.8) is 0 Å². The van der Waals surface area contributed by atoms with E-state index in [1.54, 1.807) is 11.9 Å². The molecule has 2 N–H and O–H groups in total. The van der Waals surface area contributed by atoms with Gasteiger partial charge in [-0.05, 0) is 6.92 Å². The summed E-state index contributed by atoms with van der Waals surface area (Å²) in [5.41, 5.74) is 0. The van der Waals surface area contributed by atoms with Gasteiger partial charge >= 0.3 is 0 Å². The third-order valence-electron chi connectivity index (χ3n) is 2.43. The Bertz CT molecular complexity index is 242. The lowest BCUT2D eigenvalue weighted by atomic mass is 10.2. The van der Waals surface area contributed by atoms with Gasteiger partial charge in [0, 0.05) is 26.1 Å². The molecule has 1 aliphatic rings. The van der Waals surface area contributed by atoms with Gasteiger partial charge in [0.25, 0.3) is 0 Å². The van der Waals surface area contributed by atoms with Gasteiger partial charge in [-0.15, -0.1) is 0 Å². The molecule has 1 saturated heterocycles. The maximum Gasteiger partial charge on any atom is 0.225 e. The first kappa shape index (κ1) is 11.0. The van der Waals surface area contributed by atoms with E-state index in [0.717, 1.165) is 0 Å². The van der Waals surface area contributed by atoms with Crippen LogP contribution in [0.2, 0.25) is 0 Å². The summed E-state index contributed by atoms with van der Waals surface area (Å²) in [7, 11) is 1.57. The van der Waals surface area contributed by atoms with Crippen LogP contribution in [0.1, 0.15) is 19.8 Å². The number of nitrogens with zero attached hydrogens (tertiary/aromatic N) is 1. The molecule has 5 heteroatoms. The minimum atomic E-state index is -0.574. The number of hydrogen-bond acceptors (Lipinski definition) is 3. The second kappa shape index (κ2) is 4.41. The zero-order chi connectivity index (χ0) is 10.7. The monoisotopic (exact) mass is 200 g/mol. The first-order valence-electron chi connectivity index (χ1n) is 4.72. The molecule has 2 atom stereocenters. The molecule has 1 rings (SSSR count). The Balaban J connectivity index is 2.48. The SMILES string of the molecule is CNC(=O)CC(C)N1CC(O)CC1=O. The quantitative estimate of drug-likeness (QED) is 0.620. The molecule has 2 unspecified atom stereocenters. The Morgan fingerprint density at radius 3 is 2.86 bits per heavy atom. The Morgan fingerprint density at radius 1 is 1.79 bits per heavy atom. The smallest absolute Gasteiger partial charge is 0.225 e. The molecule has 80 valence electrons. The van der Waals surface area contributed by atoms with Gasteiger partial charge in [-0.25, -0.2) is 0 Å². The Morgan fingerprint density at radius 2 is 2.43 bits per heavy atom. The molecule has 1 aliphatic heterocycles. The molecule has 0 bridgehead atoms. The summed E-state index contributed by atoms with van der Waals surface area (Å²) < 4.78 is 0. The number of rotatable bonds is 3. The highest BCUT2D eigenvalue weighted by atomic mass is 16.3. The van der Waals surface area contributed by atoms with Crippen LogP contribution >= 0.6 is 0 Å². The topological polar surface area (TPSA) is 69.6 Å². The van der Waals surface area contributed by atoms with Gasteiger partial charge in [-0.3, -0.25) is 9.59 Å². The number of likely N-dealkylation sites (tertiary alicyclic amines) is 1. The summed E-state index contributed by atoms with van der Waals surface area (Å²) in [6.07, 6.45) is -0.109. The Labute approximate surface area is 83.1 Å². The lowest BCUT2D eigenvalue weighted by Gasteiger charge is -2.23. The second-order valence-electron chi connectivity index (χ2n) is 3.63. The fourth-order valence-electron chi connectivity index (χ4n) is 1.62. The largest absolute Gasteiger partial charge is 0.391 e. The number of carbonyl (C=O) groups excluding carboxylic acids is 2. The van der Waals surface area contributed by atoms with E-state index >= 15 is 0 Å². The molecular formula is C9H16N2O3. The molecule has 0 aromatic carbocycles. The normalized spacial score (nSPS) is 23.8. The lowest BCUT2D eigenvalue weighted by molar-refractivity contribution is -0.130.